The maximum Gasteiger partial charge on any atom is 0.397 e. The molecule has 0 aromatic carbocycles. The van der Waals surface area contributed by atoms with E-state index in [4.69, 9.17) is 18.9 Å². The van der Waals surface area contributed by atoms with Gasteiger partial charge >= 0.3 is 16.4 Å². The van der Waals surface area contributed by atoms with E-state index in [-0.39, 0.29) is 19.6 Å². The molecule has 0 spiro atoms. The molecule has 0 radical (unpaired) electrons. The van der Waals surface area contributed by atoms with Crippen molar-refractivity contribution in [1.29, 1.82) is 0 Å². The SMILES string of the molecule is CC/C=C\C/C=C\C/C=C\C/C=C\C/C=C\CCCCCCCCCCCC(=O)OC(COCCCCCCCCCCCCCCCCCCC)COC1OC(CO)C(O)C(OS(=O)(=O)O)C1O. The van der Waals surface area contributed by atoms with Crippen LogP contribution in [0.25, 0.3) is 0 Å². The van der Waals surface area contributed by atoms with Crippen molar-refractivity contribution >= 4 is 16.4 Å². The van der Waals surface area contributed by atoms with Gasteiger partial charge in [-0.1, -0.05) is 222 Å². The predicted molar refractivity (Wildman–Crippen MR) is 280 cm³/mol. The van der Waals surface area contributed by atoms with E-state index in [1.54, 1.807) is 0 Å². The van der Waals surface area contributed by atoms with Crippen LogP contribution in [0, 0.1) is 0 Å². The van der Waals surface area contributed by atoms with E-state index in [9.17, 15) is 33.1 Å². The van der Waals surface area contributed by atoms with Gasteiger partial charge in [-0.25, -0.2) is 4.18 Å². The van der Waals surface area contributed by atoms with Crippen LogP contribution >= 0.6 is 0 Å². The molecule has 13 heteroatoms. The quantitative estimate of drug-likeness (QED) is 0.0197. The van der Waals surface area contributed by atoms with Gasteiger partial charge in [0.1, 0.15) is 30.5 Å². The molecular weight excluding hydrogens is 897 g/mol. The molecule has 12 nitrogen and oxygen atoms in total. The van der Waals surface area contributed by atoms with Gasteiger partial charge in [0.05, 0.1) is 19.8 Å². The lowest BCUT2D eigenvalue weighted by atomic mass is 9.99. The lowest BCUT2D eigenvalue weighted by Crippen LogP contribution is -2.60. The van der Waals surface area contributed by atoms with Gasteiger partial charge in [-0.3, -0.25) is 9.35 Å². The number of rotatable bonds is 48. The molecule has 69 heavy (non-hydrogen) atoms. The number of carbonyl (C=O) groups excluding carboxylic acids is 1. The van der Waals surface area contributed by atoms with Crippen molar-refractivity contribution in [3.05, 3.63) is 60.8 Å². The highest BCUT2D eigenvalue weighted by molar-refractivity contribution is 7.80. The van der Waals surface area contributed by atoms with Crippen molar-refractivity contribution in [1.82, 2.24) is 0 Å². The second-order valence-corrected chi connectivity index (χ2v) is 19.8. The number of aliphatic hydroxyl groups excluding tert-OH is 3. The summed E-state index contributed by atoms with van der Waals surface area (Å²) in [5.41, 5.74) is 0. The molecule has 1 aliphatic heterocycles. The second-order valence-electron chi connectivity index (χ2n) is 18.8. The fourth-order valence-electron chi connectivity index (χ4n) is 8.29. The molecule has 6 atom stereocenters. The van der Waals surface area contributed by atoms with Crippen LogP contribution in [0.5, 0.6) is 0 Å². The van der Waals surface area contributed by atoms with Crippen molar-refractivity contribution in [2.75, 3.05) is 26.4 Å². The fourth-order valence-corrected chi connectivity index (χ4v) is 8.80. The number of allylic oxidation sites excluding steroid dienone is 10. The molecule has 1 aliphatic rings. The first kappa shape index (κ1) is 64.8. The molecule has 0 saturated carbocycles. The molecule has 1 heterocycles. The standard InChI is InChI=1S/C56H100O12S/c1-3-5-7-9-11-13-15-17-19-21-22-23-24-25-26-27-28-29-31-33-35-37-39-41-43-45-52(58)66-50(49-65-56-54(60)55(68-69(61,62)63)53(59)51(47-57)67-56)48-64-46-44-42-40-38-36-34-32-30-20-18-16-14-12-10-8-6-4-2/h5,7,11,13,17,19,22-23,25-26,50-51,53-57,59-60H,3-4,6,8-10,12,14-16,18,20-21,24,27-49H2,1-2H3,(H,61,62,63)/b7-5-,13-11-,19-17-,23-22-,26-25-. The Hall–Kier alpha value is -2.20. The van der Waals surface area contributed by atoms with Crippen molar-refractivity contribution in [3.63, 3.8) is 0 Å². The van der Waals surface area contributed by atoms with Gasteiger partial charge in [0, 0.05) is 13.0 Å². The molecule has 1 fully saturated rings. The summed E-state index contributed by atoms with van der Waals surface area (Å²) in [5.74, 6) is -0.404. The molecule has 6 unspecified atom stereocenters. The Bertz CT molecular complexity index is 1430. The van der Waals surface area contributed by atoms with Crippen LogP contribution in [0.15, 0.2) is 60.8 Å². The summed E-state index contributed by atoms with van der Waals surface area (Å²) in [6, 6.07) is 0. The van der Waals surface area contributed by atoms with E-state index in [0.717, 1.165) is 77.0 Å². The van der Waals surface area contributed by atoms with Gasteiger partial charge < -0.3 is 34.3 Å². The minimum Gasteiger partial charge on any atom is -0.457 e. The van der Waals surface area contributed by atoms with Crippen LogP contribution in [0.1, 0.15) is 226 Å². The summed E-state index contributed by atoms with van der Waals surface area (Å²) in [7, 11) is -5.07. The summed E-state index contributed by atoms with van der Waals surface area (Å²) < 4.78 is 59.4. The van der Waals surface area contributed by atoms with E-state index in [0.29, 0.717) is 13.0 Å². The van der Waals surface area contributed by atoms with Gasteiger partial charge in [0.15, 0.2) is 6.29 Å². The smallest absolute Gasteiger partial charge is 0.397 e. The first-order chi connectivity index (χ1) is 33.6. The summed E-state index contributed by atoms with van der Waals surface area (Å²) in [5, 5.41) is 30.8. The van der Waals surface area contributed by atoms with E-state index in [1.807, 2.05) is 0 Å². The third-order valence-corrected chi connectivity index (χ3v) is 12.9. The lowest BCUT2D eigenvalue weighted by Gasteiger charge is -2.41. The molecule has 0 aromatic heterocycles. The predicted octanol–water partition coefficient (Wildman–Crippen LogP) is 13.3. The number of carbonyl (C=O) groups is 1. The normalized spacial score (nSPS) is 19.7. The van der Waals surface area contributed by atoms with E-state index >= 15 is 0 Å². The van der Waals surface area contributed by atoms with Crippen LogP contribution in [-0.2, 0) is 38.3 Å². The maximum absolute atomic E-state index is 12.9. The summed E-state index contributed by atoms with van der Waals surface area (Å²) >= 11 is 0. The summed E-state index contributed by atoms with van der Waals surface area (Å²) in [4.78, 5) is 12.9. The Morgan fingerprint density at radius 1 is 0.565 bits per heavy atom. The fraction of sp³-hybridized carbons (Fsp3) is 0.804. The molecule has 1 saturated heterocycles. The Balaban J connectivity index is 2.32. The van der Waals surface area contributed by atoms with Gasteiger partial charge in [-0.15, -0.1) is 0 Å². The number of hydrogen-bond donors (Lipinski definition) is 4. The van der Waals surface area contributed by atoms with Crippen LogP contribution in [0.2, 0.25) is 0 Å². The zero-order chi connectivity index (χ0) is 50.3. The minimum absolute atomic E-state index is 0.0345. The summed E-state index contributed by atoms with van der Waals surface area (Å²) in [6.45, 7) is 3.90. The van der Waals surface area contributed by atoms with Gasteiger partial charge in [0.2, 0.25) is 0 Å². The van der Waals surface area contributed by atoms with Crippen molar-refractivity contribution < 1.29 is 56.2 Å². The number of ether oxygens (including phenoxy) is 4. The minimum atomic E-state index is -5.07. The molecule has 0 aliphatic carbocycles. The van der Waals surface area contributed by atoms with E-state index in [1.165, 1.54) is 122 Å². The first-order valence-electron chi connectivity index (χ1n) is 27.5. The third kappa shape index (κ3) is 40.0. The molecule has 402 valence electrons. The Kier molecular flexibility index (Phi) is 44.0. The highest BCUT2D eigenvalue weighted by atomic mass is 32.3. The monoisotopic (exact) mass is 997 g/mol. The Morgan fingerprint density at radius 2 is 1.00 bits per heavy atom. The zero-order valence-electron chi connectivity index (χ0n) is 43.4. The largest absolute Gasteiger partial charge is 0.457 e. The highest BCUT2D eigenvalue weighted by Gasteiger charge is 2.48. The number of aliphatic hydroxyl groups is 3. The molecule has 0 aromatic rings. The average molecular weight is 997 g/mol. The lowest BCUT2D eigenvalue weighted by molar-refractivity contribution is -0.301. The van der Waals surface area contributed by atoms with Gasteiger partial charge in [-0.05, 0) is 57.8 Å². The van der Waals surface area contributed by atoms with Crippen molar-refractivity contribution in [2.24, 2.45) is 0 Å². The highest BCUT2D eigenvalue weighted by Crippen LogP contribution is 2.26. The average Bonchev–Trinajstić information content (AvgIpc) is 3.32. The van der Waals surface area contributed by atoms with E-state index < -0.39 is 59.8 Å². The van der Waals surface area contributed by atoms with Gasteiger partial charge in [-0.2, -0.15) is 8.42 Å². The first-order valence-corrected chi connectivity index (χ1v) is 28.9. The Labute approximate surface area is 420 Å². The molecule has 0 bridgehead atoms. The van der Waals surface area contributed by atoms with Crippen molar-refractivity contribution in [2.45, 2.75) is 263 Å². The zero-order valence-corrected chi connectivity index (χ0v) is 44.2. The maximum atomic E-state index is 12.9. The Morgan fingerprint density at radius 3 is 1.46 bits per heavy atom. The topological polar surface area (TPSA) is 178 Å². The summed E-state index contributed by atoms with van der Waals surface area (Å²) in [6.07, 6.45) is 51.1. The molecule has 0 amide bonds. The molecule has 1 rings (SSSR count). The molecule has 4 N–H and O–H groups in total. The van der Waals surface area contributed by atoms with Gasteiger partial charge in [0.25, 0.3) is 0 Å². The third-order valence-electron chi connectivity index (χ3n) is 12.4. The van der Waals surface area contributed by atoms with Crippen LogP contribution in [0.4, 0.5) is 0 Å². The van der Waals surface area contributed by atoms with Crippen LogP contribution in [-0.4, -0.2) is 97.5 Å². The second kappa shape index (κ2) is 46.8. The van der Waals surface area contributed by atoms with E-state index in [2.05, 4.69) is 78.8 Å². The number of hydrogen-bond acceptors (Lipinski definition) is 11. The number of unbranched alkanes of at least 4 members (excludes halogenated alkanes) is 25. The van der Waals surface area contributed by atoms with Crippen LogP contribution in [0.3, 0.4) is 0 Å². The van der Waals surface area contributed by atoms with Crippen molar-refractivity contribution in [3.8, 4) is 0 Å². The molecular formula is C56H100O12S. The van der Waals surface area contributed by atoms with Crippen LogP contribution < -0.4 is 0 Å². The number of esters is 1.